The van der Waals surface area contributed by atoms with Crippen molar-refractivity contribution >= 4 is 23.1 Å². The molecule has 0 radical (unpaired) electrons. The molecule has 0 bridgehead atoms. The Hall–Kier alpha value is -3.21. The predicted octanol–water partition coefficient (Wildman–Crippen LogP) is 4.71. The van der Waals surface area contributed by atoms with E-state index in [9.17, 15) is 9.18 Å². The Morgan fingerprint density at radius 1 is 1.08 bits per heavy atom. The van der Waals surface area contributed by atoms with Crippen molar-refractivity contribution in [2.75, 3.05) is 10.6 Å². The number of pyridine rings is 1. The van der Waals surface area contributed by atoms with Crippen LogP contribution in [0.25, 0.3) is 0 Å². The summed E-state index contributed by atoms with van der Waals surface area (Å²) >= 11 is 0. The standard InChI is InChI=1S/C21H20FN3O/c1-2-16-7-3-4-9-19(16)25-20-11-10-18(14-23-20)24-21(26)13-15-6-5-8-17(22)12-15/h3-12,14H,2,13H2,1H3,(H,23,25)(H,24,26). The third-order valence-corrected chi connectivity index (χ3v) is 3.96. The molecule has 132 valence electrons. The summed E-state index contributed by atoms with van der Waals surface area (Å²) in [5.74, 6) is 0.142. The number of aromatic nitrogens is 1. The van der Waals surface area contributed by atoms with Crippen molar-refractivity contribution in [2.45, 2.75) is 19.8 Å². The lowest BCUT2D eigenvalue weighted by molar-refractivity contribution is -0.115. The van der Waals surface area contributed by atoms with Gasteiger partial charge in [0, 0.05) is 5.69 Å². The Morgan fingerprint density at radius 2 is 1.92 bits per heavy atom. The molecule has 26 heavy (non-hydrogen) atoms. The van der Waals surface area contributed by atoms with Gasteiger partial charge in [-0.15, -0.1) is 0 Å². The molecule has 4 nitrogen and oxygen atoms in total. The molecule has 0 aliphatic heterocycles. The number of hydrogen-bond donors (Lipinski definition) is 2. The lowest BCUT2D eigenvalue weighted by atomic mass is 10.1. The highest BCUT2D eigenvalue weighted by molar-refractivity contribution is 5.92. The molecule has 1 heterocycles. The minimum Gasteiger partial charge on any atom is -0.340 e. The van der Waals surface area contributed by atoms with Gasteiger partial charge in [-0.05, 0) is 47.9 Å². The number of halogens is 1. The van der Waals surface area contributed by atoms with E-state index in [1.54, 1.807) is 24.4 Å². The summed E-state index contributed by atoms with van der Waals surface area (Å²) in [4.78, 5) is 16.4. The fourth-order valence-corrected chi connectivity index (χ4v) is 2.67. The Kier molecular flexibility index (Phi) is 5.59. The number of anilines is 3. The third-order valence-electron chi connectivity index (χ3n) is 3.96. The summed E-state index contributed by atoms with van der Waals surface area (Å²) in [7, 11) is 0. The van der Waals surface area contributed by atoms with Crippen LogP contribution in [0.3, 0.4) is 0 Å². The lowest BCUT2D eigenvalue weighted by Gasteiger charge is -2.11. The summed E-state index contributed by atoms with van der Waals surface area (Å²) in [6.45, 7) is 2.10. The van der Waals surface area contributed by atoms with Gasteiger partial charge < -0.3 is 10.6 Å². The van der Waals surface area contributed by atoms with Crippen LogP contribution in [0.4, 0.5) is 21.6 Å². The number of amides is 1. The smallest absolute Gasteiger partial charge is 0.228 e. The first-order chi connectivity index (χ1) is 12.6. The van der Waals surface area contributed by atoms with E-state index in [1.807, 2.05) is 24.3 Å². The molecule has 3 aromatic rings. The zero-order valence-electron chi connectivity index (χ0n) is 14.5. The minimum absolute atomic E-state index is 0.113. The molecule has 0 aliphatic rings. The Balaban J connectivity index is 1.61. The van der Waals surface area contributed by atoms with Gasteiger partial charge in [0.2, 0.25) is 5.91 Å². The molecule has 5 heteroatoms. The fourth-order valence-electron chi connectivity index (χ4n) is 2.67. The van der Waals surface area contributed by atoms with Crippen LogP contribution in [-0.4, -0.2) is 10.9 Å². The number of nitrogens with one attached hydrogen (secondary N) is 2. The monoisotopic (exact) mass is 349 g/mol. The van der Waals surface area contributed by atoms with E-state index in [4.69, 9.17) is 0 Å². The van der Waals surface area contributed by atoms with E-state index in [2.05, 4.69) is 28.6 Å². The first kappa shape index (κ1) is 17.6. The highest BCUT2D eigenvalue weighted by Crippen LogP contribution is 2.20. The molecule has 0 saturated carbocycles. The molecule has 0 atom stereocenters. The van der Waals surface area contributed by atoms with Gasteiger partial charge in [0.05, 0.1) is 18.3 Å². The van der Waals surface area contributed by atoms with E-state index in [0.717, 1.165) is 12.1 Å². The molecule has 0 aliphatic carbocycles. The highest BCUT2D eigenvalue weighted by Gasteiger charge is 2.06. The molecule has 2 N–H and O–H groups in total. The van der Waals surface area contributed by atoms with Crippen LogP contribution >= 0.6 is 0 Å². The normalized spacial score (nSPS) is 10.4. The minimum atomic E-state index is -0.347. The first-order valence-electron chi connectivity index (χ1n) is 8.49. The van der Waals surface area contributed by atoms with Crippen LogP contribution < -0.4 is 10.6 Å². The second-order valence-electron chi connectivity index (χ2n) is 5.92. The number of para-hydroxylation sites is 1. The van der Waals surface area contributed by atoms with Crippen molar-refractivity contribution in [1.82, 2.24) is 4.98 Å². The molecule has 0 saturated heterocycles. The van der Waals surface area contributed by atoms with E-state index in [-0.39, 0.29) is 18.1 Å². The van der Waals surface area contributed by atoms with Crippen LogP contribution in [0.5, 0.6) is 0 Å². The SMILES string of the molecule is CCc1ccccc1Nc1ccc(NC(=O)Cc2cccc(F)c2)cn1. The van der Waals surface area contributed by atoms with E-state index >= 15 is 0 Å². The third kappa shape index (κ3) is 4.66. The maximum Gasteiger partial charge on any atom is 0.228 e. The van der Waals surface area contributed by atoms with Crippen molar-refractivity contribution in [3.63, 3.8) is 0 Å². The van der Waals surface area contributed by atoms with Gasteiger partial charge in [-0.3, -0.25) is 4.79 Å². The quantitative estimate of drug-likeness (QED) is 0.678. The second-order valence-corrected chi connectivity index (χ2v) is 5.92. The van der Waals surface area contributed by atoms with Gasteiger partial charge >= 0.3 is 0 Å². The van der Waals surface area contributed by atoms with Gasteiger partial charge in [-0.2, -0.15) is 0 Å². The molecule has 1 amide bonds. The van der Waals surface area contributed by atoms with Crippen LogP contribution in [-0.2, 0) is 17.6 Å². The van der Waals surface area contributed by atoms with Crippen LogP contribution in [0, 0.1) is 5.82 Å². The van der Waals surface area contributed by atoms with Crippen molar-refractivity contribution < 1.29 is 9.18 Å². The molecule has 2 aromatic carbocycles. The van der Waals surface area contributed by atoms with Crippen LogP contribution in [0.1, 0.15) is 18.1 Å². The van der Waals surface area contributed by atoms with Gasteiger partial charge in [0.15, 0.2) is 0 Å². The summed E-state index contributed by atoms with van der Waals surface area (Å²) < 4.78 is 13.2. The van der Waals surface area contributed by atoms with Crippen molar-refractivity contribution in [3.05, 3.63) is 83.8 Å². The average molecular weight is 349 g/mol. The molecular weight excluding hydrogens is 329 g/mol. The largest absolute Gasteiger partial charge is 0.340 e. The second kappa shape index (κ2) is 8.25. The van der Waals surface area contributed by atoms with Gasteiger partial charge in [-0.25, -0.2) is 9.37 Å². The maximum atomic E-state index is 13.2. The van der Waals surface area contributed by atoms with E-state index in [1.165, 1.54) is 17.7 Å². The van der Waals surface area contributed by atoms with Crippen molar-refractivity contribution in [2.24, 2.45) is 0 Å². The van der Waals surface area contributed by atoms with Gasteiger partial charge in [0.1, 0.15) is 11.6 Å². The van der Waals surface area contributed by atoms with Gasteiger partial charge in [-0.1, -0.05) is 37.3 Å². The van der Waals surface area contributed by atoms with Crippen molar-refractivity contribution in [1.29, 1.82) is 0 Å². The van der Waals surface area contributed by atoms with E-state index in [0.29, 0.717) is 17.1 Å². The van der Waals surface area contributed by atoms with E-state index < -0.39 is 0 Å². The summed E-state index contributed by atoms with van der Waals surface area (Å²) in [6.07, 6.45) is 2.64. The molecule has 0 spiro atoms. The molecule has 0 unspecified atom stereocenters. The topological polar surface area (TPSA) is 54.0 Å². The molecule has 0 fully saturated rings. The average Bonchev–Trinajstić information content (AvgIpc) is 2.64. The predicted molar refractivity (Wildman–Crippen MR) is 102 cm³/mol. The molecule has 1 aromatic heterocycles. The summed E-state index contributed by atoms with van der Waals surface area (Å²) in [5.41, 5.74) is 3.46. The number of rotatable bonds is 6. The Morgan fingerprint density at radius 3 is 2.65 bits per heavy atom. The lowest BCUT2D eigenvalue weighted by Crippen LogP contribution is -2.14. The zero-order valence-corrected chi connectivity index (χ0v) is 14.5. The number of nitrogens with zero attached hydrogens (tertiary/aromatic N) is 1. The summed E-state index contributed by atoms with van der Waals surface area (Å²) in [5, 5.41) is 6.06. The number of carbonyl (C=O) groups is 1. The summed E-state index contributed by atoms with van der Waals surface area (Å²) in [6, 6.07) is 17.7. The van der Waals surface area contributed by atoms with Crippen LogP contribution in [0.15, 0.2) is 66.9 Å². The molecule has 3 rings (SSSR count). The Labute approximate surface area is 152 Å². The van der Waals surface area contributed by atoms with Crippen LogP contribution in [0.2, 0.25) is 0 Å². The maximum absolute atomic E-state index is 13.2. The number of hydrogen-bond acceptors (Lipinski definition) is 3. The van der Waals surface area contributed by atoms with Crippen molar-refractivity contribution in [3.8, 4) is 0 Å². The number of aryl methyl sites for hydroxylation is 1. The molecular formula is C21H20FN3O. The highest BCUT2D eigenvalue weighted by atomic mass is 19.1. The first-order valence-corrected chi connectivity index (χ1v) is 8.49. The zero-order chi connectivity index (χ0) is 18.4. The number of carbonyl (C=O) groups excluding carboxylic acids is 1. The number of benzene rings is 2. The fraction of sp³-hybridized carbons (Fsp3) is 0.143. The van der Waals surface area contributed by atoms with Gasteiger partial charge in [0.25, 0.3) is 0 Å². The Bertz CT molecular complexity index is 894.